The van der Waals surface area contributed by atoms with E-state index >= 15 is 0 Å². The molecule has 1 aliphatic carbocycles. The number of fused-ring (bicyclic) bond motifs is 3. The van der Waals surface area contributed by atoms with Crippen LogP contribution >= 0.6 is 0 Å². The van der Waals surface area contributed by atoms with Crippen LogP contribution in [0.15, 0.2) is 67.0 Å². The minimum absolute atomic E-state index is 0.110. The largest absolute Gasteiger partial charge is 0.491 e. The fraction of sp³-hybridized carbons (Fsp3) is 0.424. The van der Waals surface area contributed by atoms with Gasteiger partial charge in [0.05, 0.1) is 19.1 Å². The van der Waals surface area contributed by atoms with E-state index in [2.05, 4.69) is 47.4 Å². The van der Waals surface area contributed by atoms with Crippen molar-refractivity contribution in [3.63, 3.8) is 0 Å². The molecular weight excluding hydrogens is 502 g/mol. The fourth-order valence-corrected chi connectivity index (χ4v) is 6.11. The molecule has 3 aromatic rings. The van der Waals surface area contributed by atoms with Gasteiger partial charge >= 0.3 is 0 Å². The van der Waals surface area contributed by atoms with E-state index in [1.165, 1.54) is 5.56 Å². The zero-order valence-corrected chi connectivity index (χ0v) is 23.0. The van der Waals surface area contributed by atoms with Crippen molar-refractivity contribution in [1.29, 1.82) is 0 Å². The molecule has 6 rings (SSSR count). The Hall–Kier alpha value is -3.71. The lowest BCUT2D eigenvalue weighted by molar-refractivity contribution is -0.151. The summed E-state index contributed by atoms with van der Waals surface area (Å²) in [5.74, 6) is 1.24. The Labute approximate surface area is 236 Å². The Morgan fingerprint density at radius 1 is 0.800 bits per heavy atom. The van der Waals surface area contributed by atoms with Crippen LogP contribution in [-0.2, 0) is 27.3 Å². The minimum Gasteiger partial charge on any atom is -0.491 e. The number of ether oxygens (including phenoxy) is 2. The van der Waals surface area contributed by atoms with Crippen LogP contribution in [0.1, 0.15) is 42.4 Å². The van der Waals surface area contributed by atoms with Crippen molar-refractivity contribution >= 4 is 11.8 Å². The van der Waals surface area contributed by atoms with E-state index in [1.807, 2.05) is 28.1 Å². The van der Waals surface area contributed by atoms with E-state index < -0.39 is 0 Å². The number of aromatic nitrogens is 1. The second kappa shape index (κ2) is 12.2. The molecule has 0 atom stereocenters. The van der Waals surface area contributed by atoms with Crippen molar-refractivity contribution in [3.8, 4) is 16.9 Å². The maximum Gasteiger partial charge on any atom is 0.229 e. The van der Waals surface area contributed by atoms with Crippen molar-refractivity contribution in [2.24, 2.45) is 11.8 Å². The molecule has 7 nitrogen and oxygen atoms in total. The molecule has 7 heteroatoms. The van der Waals surface area contributed by atoms with Gasteiger partial charge in [-0.2, -0.15) is 0 Å². The maximum atomic E-state index is 13.5. The first-order chi connectivity index (χ1) is 19.6. The highest BCUT2D eigenvalue weighted by Crippen LogP contribution is 2.31. The summed E-state index contributed by atoms with van der Waals surface area (Å²) in [4.78, 5) is 34.4. The number of amides is 2. The van der Waals surface area contributed by atoms with Crippen LogP contribution in [0.2, 0.25) is 0 Å². The monoisotopic (exact) mass is 539 g/mol. The molecule has 3 aliphatic rings. The third-order valence-corrected chi connectivity index (χ3v) is 8.36. The Kier molecular flexibility index (Phi) is 8.09. The number of likely N-dealkylation sites (tertiary alicyclic amines) is 1. The number of hydrogen-bond donors (Lipinski definition) is 0. The van der Waals surface area contributed by atoms with Gasteiger partial charge in [-0.15, -0.1) is 0 Å². The van der Waals surface area contributed by atoms with Gasteiger partial charge in [0.2, 0.25) is 11.8 Å². The van der Waals surface area contributed by atoms with Gasteiger partial charge in [0.1, 0.15) is 12.4 Å². The van der Waals surface area contributed by atoms with Crippen molar-refractivity contribution in [2.45, 2.75) is 38.6 Å². The topological polar surface area (TPSA) is 72.0 Å². The summed E-state index contributed by atoms with van der Waals surface area (Å²) < 4.78 is 12.0. The van der Waals surface area contributed by atoms with Crippen LogP contribution in [0.3, 0.4) is 0 Å². The molecular formula is C33H37N3O4. The highest BCUT2D eigenvalue weighted by atomic mass is 16.5. The summed E-state index contributed by atoms with van der Waals surface area (Å²) >= 11 is 0. The lowest BCUT2D eigenvalue weighted by Crippen LogP contribution is -2.57. The van der Waals surface area contributed by atoms with Crippen LogP contribution in [0.4, 0.5) is 0 Å². The third-order valence-electron chi connectivity index (χ3n) is 8.36. The van der Waals surface area contributed by atoms with E-state index in [-0.39, 0.29) is 23.7 Å². The van der Waals surface area contributed by atoms with Crippen LogP contribution in [0.5, 0.6) is 5.75 Å². The van der Waals surface area contributed by atoms with Gasteiger partial charge in [0.15, 0.2) is 0 Å². The van der Waals surface area contributed by atoms with Crippen molar-refractivity contribution in [1.82, 2.24) is 14.8 Å². The first-order valence-corrected chi connectivity index (χ1v) is 14.5. The first-order valence-electron chi connectivity index (χ1n) is 14.5. The quantitative estimate of drug-likeness (QED) is 0.482. The summed E-state index contributed by atoms with van der Waals surface area (Å²) in [5, 5.41) is 0. The van der Waals surface area contributed by atoms with E-state index in [9.17, 15) is 9.59 Å². The molecule has 0 spiro atoms. The van der Waals surface area contributed by atoms with Gasteiger partial charge in [-0.05, 0) is 53.3 Å². The van der Waals surface area contributed by atoms with Crippen LogP contribution < -0.4 is 4.74 Å². The summed E-state index contributed by atoms with van der Waals surface area (Å²) in [7, 11) is 0. The number of rotatable bonds is 3. The van der Waals surface area contributed by atoms with E-state index in [0.717, 1.165) is 53.7 Å². The molecule has 2 aliphatic heterocycles. The average molecular weight is 540 g/mol. The molecule has 2 fully saturated rings. The lowest BCUT2D eigenvalue weighted by atomic mass is 9.94. The smallest absolute Gasteiger partial charge is 0.229 e. The van der Waals surface area contributed by atoms with Crippen molar-refractivity contribution < 1.29 is 19.1 Å². The second-order valence-electron chi connectivity index (χ2n) is 11.2. The van der Waals surface area contributed by atoms with E-state index in [1.54, 1.807) is 6.20 Å². The van der Waals surface area contributed by atoms with Gasteiger partial charge in [0, 0.05) is 56.5 Å². The normalized spacial score (nSPS) is 18.8. The molecule has 2 amide bonds. The van der Waals surface area contributed by atoms with E-state index in [0.29, 0.717) is 52.4 Å². The van der Waals surface area contributed by atoms with Crippen molar-refractivity contribution in [3.05, 3.63) is 83.7 Å². The van der Waals surface area contributed by atoms with Gasteiger partial charge < -0.3 is 19.3 Å². The van der Waals surface area contributed by atoms with Gasteiger partial charge in [-0.3, -0.25) is 14.6 Å². The average Bonchev–Trinajstić information content (AvgIpc) is 3.49. The molecule has 40 heavy (non-hydrogen) atoms. The Morgan fingerprint density at radius 3 is 2.45 bits per heavy atom. The van der Waals surface area contributed by atoms with Gasteiger partial charge in [0.25, 0.3) is 0 Å². The summed E-state index contributed by atoms with van der Waals surface area (Å²) in [5.41, 5.74) is 5.53. The Bertz CT molecular complexity index is 1330. The number of pyridine rings is 1. The van der Waals surface area contributed by atoms with Crippen LogP contribution in [0, 0.1) is 11.8 Å². The van der Waals surface area contributed by atoms with E-state index in [4.69, 9.17) is 9.47 Å². The SMILES string of the molecule is O=C(C1CN(C(=O)C2CCCC2)C1)N1CCOCCOc2ccc(-c3cccnc3)cc2Cc2cccc(c2)C1. The Balaban J connectivity index is 1.18. The van der Waals surface area contributed by atoms with Crippen LogP contribution in [-0.4, -0.2) is 66.1 Å². The molecule has 2 aromatic carbocycles. The molecule has 1 saturated heterocycles. The summed E-state index contributed by atoms with van der Waals surface area (Å²) in [6.07, 6.45) is 8.63. The molecule has 0 unspecified atom stereocenters. The fourth-order valence-electron chi connectivity index (χ4n) is 6.11. The highest BCUT2D eigenvalue weighted by molar-refractivity contribution is 5.85. The lowest BCUT2D eigenvalue weighted by Gasteiger charge is -2.41. The third kappa shape index (κ3) is 6.04. The molecule has 208 valence electrons. The number of carbonyl (C=O) groups is 2. The maximum absolute atomic E-state index is 13.5. The second-order valence-corrected chi connectivity index (χ2v) is 11.2. The molecule has 3 heterocycles. The predicted octanol–water partition coefficient (Wildman–Crippen LogP) is 4.73. The number of benzene rings is 2. The number of carbonyl (C=O) groups excluding carboxylic acids is 2. The zero-order chi connectivity index (χ0) is 27.3. The summed E-state index contributed by atoms with van der Waals surface area (Å²) in [6, 6.07) is 18.7. The first kappa shape index (κ1) is 26.5. The molecule has 2 bridgehead atoms. The molecule has 0 N–H and O–H groups in total. The van der Waals surface area contributed by atoms with Gasteiger partial charge in [-0.25, -0.2) is 0 Å². The standard InChI is InChI=1S/C33H37N3O4/c37-32(26-7-1-2-8-26)36-22-30(23-36)33(38)35-13-14-39-15-16-40-31-11-10-27(28-9-4-12-34-20-28)19-29(31)18-24-5-3-6-25(17-24)21-35/h3-6,9-12,17,19-20,26,30H,1-2,7-8,13-16,18,21-23H2. The Morgan fingerprint density at radius 2 is 1.62 bits per heavy atom. The minimum atomic E-state index is -0.131. The summed E-state index contributed by atoms with van der Waals surface area (Å²) in [6.45, 7) is 3.45. The molecule has 1 saturated carbocycles. The predicted molar refractivity (Wildman–Crippen MR) is 153 cm³/mol. The van der Waals surface area contributed by atoms with Crippen molar-refractivity contribution in [2.75, 3.05) is 39.5 Å². The highest BCUT2D eigenvalue weighted by Gasteiger charge is 2.40. The van der Waals surface area contributed by atoms with Crippen LogP contribution in [0.25, 0.3) is 11.1 Å². The molecule has 1 aromatic heterocycles. The number of nitrogens with zero attached hydrogens (tertiary/aromatic N) is 3. The zero-order valence-electron chi connectivity index (χ0n) is 23.0. The van der Waals surface area contributed by atoms with Gasteiger partial charge in [-0.1, -0.05) is 49.2 Å². The molecule has 0 radical (unpaired) electrons. The number of hydrogen-bond acceptors (Lipinski definition) is 5.